The molecule has 1 aliphatic heterocycles. The third kappa shape index (κ3) is 7.42. The van der Waals surface area contributed by atoms with Crippen molar-refractivity contribution < 1.29 is 18.7 Å². The van der Waals surface area contributed by atoms with E-state index in [1.807, 2.05) is 12.1 Å². The lowest BCUT2D eigenvalue weighted by molar-refractivity contribution is -0.191. The summed E-state index contributed by atoms with van der Waals surface area (Å²) in [5.74, 6) is 1.80. The summed E-state index contributed by atoms with van der Waals surface area (Å²) in [5, 5.41) is 6.56. The van der Waals surface area contributed by atoms with Crippen molar-refractivity contribution in [3.8, 4) is 0 Å². The van der Waals surface area contributed by atoms with Crippen LogP contribution in [0.3, 0.4) is 0 Å². The van der Waals surface area contributed by atoms with E-state index in [0.29, 0.717) is 25.7 Å². The summed E-state index contributed by atoms with van der Waals surface area (Å²) < 4.78 is 17.7. The average Bonchev–Trinajstić information content (AvgIpc) is 3.36. The molecule has 9 heteroatoms. The van der Waals surface area contributed by atoms with E-state index in [2.05, 4.69) is 22.5 Å². The fraction of sp³-hybridized carbons (Fsp3) is 0.714. The number of carbonyl (C=O) groups excluding carboxylic acids is 1. The second-order valence-corrected chi connectivity index (χ2v) is 8.23. The first-order valence-electron chi connectivity index (χ1n) is 10.5. The molecule has 0 aromatic carbocycles. The van der Waals surface area contributed by atoms with E-state index in [-0.39, 0.29) is 42.5 Å². The van der Waals surface area contributed by atoms with Gasteiger partial charge in [-0.2, -0.15) is 0 Å². The Kier molecular flexibility index (Phi) is 9.89. The molecule has 1 saturated carbocycles. The molecular weight excluding hydrogens is 499 g/mol. The molecule has 1 amide bonds. The molecule has 1 aromatic heterocycles. The van der Waals surface area contributed by atoms with Crippen molar-refractivity contribution >= 4 is 35.8 Å². The second-order valence-electron chi connectivity index (χ2n) is 8.23. The number of guanidine groups is 1. The van der Waals surface area contributed by atoms with Crippen molar-refractivity contribution in [1.29, 1.82) is 0 Å². The van der Waals surface area contributed by atoms with Crippen LogP contribution in [0, 0.1) is 5.92 Å². The van der Waals surface area contributed by atoms with Crippen LogP contribution in [0.15, 0.2) is 27.8 Å². The SMILES string of the molecule is CC1CCC2(CC1)OCC(CNC(=NCC(=O)N(C)C)NCCc1ccco1)O2.I. The zero-order valence-electron chi connectivity index (χ0n) is 18.2. The molecule has 0 radical (unpaired) electrons. The molecular formula is C21H35IN4O4. The molecule has 3 rings (SSSR count). The number of likely N-dealkylation sites (N-methyl/N-ethyl adjacent to an activating group) is 1. The minimum atomic E-state index is -0.399. The van der Waals surface area contributed by atoms with E-state index < -0.39 is 5.79 Å². The van der Waals surface area contributed by atoms with Crippen LogP contribution < -0.4 is 10.6 Å². The fourth-order valence-corrected chi connectivity index (χ4v) is 3.61. The predicted molar refractivity (Wildman–Crippen MR) is 126 cm³/mol. The van der Waals surface area contributed by atoms with E-state index in [9.17, 15) is 4.79 Å². The quantitative estimate of drug-likeness (QED) is 0.318. The van der Waals surface area contributed by atoms with Gasteiger partial charge in [-0.05, 0) is 30.9 Å². The van der Waals surface area contributed by atoms with Crippen LogP contribution in [0.5, 0.6) is 0 Å². The standard InChI is InChI=1S/C21H34N4O4.HI/c1-16-6-9-21(10-7-16)28-15-18(29-21)13-23-20(24-14-19(26)25(2)3)22-11-8-17-5-4-12-27-17;/h4-5,12,16,18H,6-11,13-15H2,1-3H3,(H2,22,23,24);1H. The van der Waals surface area contributed by atoms with Gasteiger partial charge in [-0.15, -0.1) is 24.0 Å². The van der Waals surface area contributed by atoms with Gasteiger partial charge in [0.1, 0.15) is 18.4 Å². The maximum atomic E-state index is 11.9. The zero-order valence-corrected chi connectivity index (χ0v) is 20.5. The molecule has 2 N–H and O–H groups in total. The number of rotatable bonds is 7. The third-order valence-corrected chi connectivity index (χ3v) is 5.56. The molecule has 1 unspecified atom stereocenters. The van der Waals surface area contributed by atoms with Crippen LogP contribution in [0.25, 0.3) is 0 Å². The minimum Gasteiger partial charge on any atom is -0.469 e. The summed E-state index contributed by atoms with van der Waals surface area (Å²) in [6.07, 6.45) is 6.60. The number of amides is 1. The van der Waals surface area contributed by atoms with Crippen LogP contribution in [-0.4, -0.2) is 69.0 Å². The lowest BCUT2D eigenvalue weighted by atomic mass is 9.86. The summed E-state index contributed by atoms with van der Waals surface area (Å²) in [6, 6.07) is 3.81. The highest BCUT2D eigenvalue weighted by Crippen LogP contribution is 2.39. The summed E-state index contributed by atoms with van der Waals surface area (Å²) in [7, 11) is 3.45. The largest absolute Gasteiger partial charge is 0.469 e. The van der Waals surface area contributed by atoms with Gasteiger partial charge in [0.25, 0.3) is 0 Å². The van der Waals surface area contributed by atoms with Gasteiger partial charge in [0, 0.05) is 46.4 Å². The van der Waals surface area contributed by atoms with Crippen molar-refractivity contribution in [3.63, 3.8) is 0 Å². The third-order valence-electron chi connectivity index (χ3n) is 5.56. The molecule has 2 heterocycles. The first-order chi connectivity index (χ1) is 14.0. The number of aliphatic imine (C=N–C) groups is 1. The van der Waals surface area contributed by atoms with Crippen molar-refractivity contribution in [2.45, 2.75) is 50.9 Å². The summed E-state index contributed by atoms with van der Waals surface area (Å²) in [5.41, 5.74) is 0. The van der Waals surface area contributed by atoms with Crippen LogP contribution in [0.4, 0.5) is 0 Å². The van der Waals surface area contributed by atoms with Gasteiger partial charge in [0.2, 0.25) is 5.91 Å². The molecule has 170 valence electrons. The fourth-order valence-electron chi connectivity index (χ4n) is 3.61. The van der Waals surface area contributed by atoms with Crippen molar-refractivity contribution in [2.75, 3.05) is 40.3 Å². The van der Waals surface area contributed by atoms with Gasteiger partial charge < -0.3 is 29.4 Å². The Morgan fingerprint density at radius 3 is 2.73 bits per heavy atom. The molecule has 1 aromatic rings. The Morgan fingerprint density at radius 2 is 2.07 bits per heavy atom. The summed E-state index contributed by atoms with van der Waals surface area (Å²) >= 11 is 0. The van der Waals surface area contributed by atoms with E-state index in [4.69, 9.17) is 13.9 Å². The number of furan rings is 1. The molecule has 1 saturated heterocycles. The van der Waals surface area contributed by atoms with Crippen molar-refractivity contribution in [1.82, 2.24) is 15.5 Å². The van der Waals surface area contributed by atoms with E-state index in [0.717, 1.165) is 43.8 Å². The normalized spacial score (nSPS) is 26.3. The maximum Gasteiger partial charge on any atom is 0.243 e. The Morgan fingerprint density at radius 1 is 1.30 bits per heavy atom. The molecule has 30 heavy (non-hydrogen) atoms. The number of ether oxygens (including phenoxy) is 2. The molecule has 1 aliphatic carbocycles. The highest BCUT2D eigenvalue weighted by Gasteiger charge is 2.43. The first-order valence-corrected chi connectivity index (χ1v) is 10.5. The first kappa shape index (κ1) is 24.9. The number of hydrogen-bond acceptors (Lipinski definition) is 5. The highest BCUT2D eigenvalue weighted by molar-refractivity contribution is 14.0. The van der Waals surface area contributed by atoms with Gasteiger partial charge >= 0.3 is 0 Å². The number of hydrogen-bond donors (Lipinski definition) is 2. The minimum absolute atomic E-state index is 0. The Labute approximate surface area is 196 Å². The summed E-state index contributed by atoms with van der Waals surface area (Å²) in [4.78, 5) is 17.8. The van der Waals surface area contributed by atoms with Crippen LogP contribution in [-0.2, 0) is 20.7 Å². The molecule has 8 nitrogen and oxygen atoms in total. The summed E-state index contributed by atoms with van der Waals surface area (Å²) in [6.45, 7) is 4.19. The maximum absolute atomic E-state index is 11.9. The zero-order chi connectivity index (χ0) is 20.7. The Hall–Kier alpha value is -1.33. The number of halogens is 1. The van der Waals surface area contributed by atoms with Crippen LogP contribution >= 0.6 is 24.0 Å². The second kappa shape index (κ2) is 11.9. The lowest BCUT2D eigenvalue weighted by Crippen LogP contribution is -2.44. The topological polar surface area (TPSA) is 88.3 Å². The van der Waals surface area contributed by atoms with Gasteiger partial charge in [0.05, 0.1) is 12.9 Å². The molecule has 2 fully saturated rings. The number of nitrogens with zero attached hydrogens (tertiary/aromatic N) is 2. The Bertz CT molecular complexity index is 673. The van der Waals surface area contributed by atoms with Gasteiger partial charge in [-0.3, -0.25) is 4.79 Å². The Balaban J connectivity index is 0.00000320. The highest BCUT2D eigenvalue weighted by atomic mass is 127. The number of carbonyl (C=O) groups is 1. The van der Waals surface area contributed by atoms with Crippen molar-refractivity contribution in [3.05, 3.63) is 24.2 Å². The van der Waals surface area contributed by atoms with Crippen molar-refractivity contribution in [2.24, 2.45) is 10.9 Å². The van der Waals surface area contributed by atoms with Crippen LogP contribution in [0.2, 0.25) is 0 Å². The lowest BCUT2D eigenvalue weighted by Gasteiger charge is -2.34. The van der Waals surface area contributed by atoms with Gasteiger partial charge in [-0.25, -0.2) is 4.99 Å². The van der Waals surface area contributed by atoms with E-state index in [1.54, 1.807) is 20.4 Å². The molecule has 0 bridgehead atoms. The van der Waals surface area contributed by atoms with Gasteiger partial charge in [-0.1, -0.05) is 6.92 Å². The smallest absolute Gasteiger partial charge is 0.243 e. The van der Waals surface area contributed by atoms with Gasteiger partial charge in [0.15, 0.2) is 11.7 Å². The monoisotopic (exact) mass is 534 g/mol. The number of nitrogens with one attached hydrogen (secondary N) is 2. The molecule has 1 atom stereocenters. The van der Waals surface area contributed by atoms with Crippen LogP contribution in [0.1, 0.15) is 38.4 Å². The molecule has 2 aliphatic rings. The average molecular weight is 534 g/mol. The molecule has 1 spiro atoms. The van der Waals surface area contributed by atoms with E-state index in [1.165, 1.54) is 4.90 Å². The predicted octanol–water partition coefficient (Wildman–Crippen LogP) is 2.39. The van der Waals surface area contributed by atoms with E-state index >= 15 is 0 Å².